The fourth-order valence-corrected chi connectivity index (χ4v) is 1.32. The summed E-state index contributed by atoms with van der Waals surface area (Å²) in [6.07, 6.45) is -2.56. The average molecular weight is 252 g/mol. The number of benzene rings is 1. The molecule has 0 radical (unpaired) electrons. The van der Waals surface area contributed by atoms with Crippen LogP contribution in [0.3, 0.4) is 0 Å². The zero-order chi connectivity index (χ0) is 13.5. The van der Waals surface area contributed by atoms with Crippen molar-refractivity contribution in [2.75, 3.05) is 13.1 Å². The maximum Gasteiger partial charge on any atom is 0.255 e. The maximum absolute atomic E-state index is 12.0. The Morgan fingerprint density at radius 2 is 2.22 bits per heavy atom. The number of amides is 1. The molecule has 0 saturated heterocycles. The lowest BCUT2D eigenvalue weighted by Crippen LogP contribution is -2.28. The zero-order valence-corrected chi connectivity index (χ0v) is 9.97. The van der Waals surface area contributed by atoms with Gasteiger partial charge in [-0.05, 0) is 24.6 Å². The first-order valence-corrected chi connectivity index (χ1v) is 5.40. The maximum atomic E-state index is 12.0. The molecule has 1 amide bonds. The first-order chi connectivity index (χ1) is 8.54. The Hall–Kier alpha value is -1.93. The molecule has 0 atom stereocenters. The lowest BCUT2D eigenvalue weighted by atomic mass is 10.0. The lowest BCUT2D eigenvalue weighted by Gasteiger charge is -2.06. The SMILES string of the molecule is Cc1ccc(C(=O)NCC(F)F)cc1C#CCN. The Morgan fingerprint density at radius 1 is 1.50 bits per heavy atom. The van der Waals surface area contributed by atoms with Crippen LogP contribution in [0.2, 0.25) is 0 Å². The molecular weight excluding hydrogens is 238 g/mol. The molecule has 0 saturated carbocycles. The van der Waals surface area contributed by atoms with Gasteiger partial charge in [0.05, 0.1) is 13.1 Å². The second-order valence-electron chi connectivity index (χ2n) is 3.64. The molecule has 5 heteroatoms. The molecule has 0 bridgehead atoms. The van der Waals surface area contributed by atoms with Gasteiger partial charge in [-0.3, -0.25) is 4.79 Å². The van der Waals surface area contributed by atoms with E-state index < -0.39 is 18.9 Å². The molecule has 1 aromatic rings. The number of nitrogens with one attached hydrogen (secondary N) is 1. The third-order valence-electron chi connectivity index (χ3n) is 2.24. The van der Waals surface area contributed by atoms with Crippen molar-refractivity contribution in [1.82, 2.24) is 5.32 Å². The van der Waals surface area contributed by atoms with Crippen molar-refractivity contribution in [3.8, 4) is 11.8 Å². The fraction of sp³-hybridized carbons (Fsp3) is 0.308. The van der Waals surface area contributed by atoms with Gasteiger partial charge in [-0.2, -0.15) is 0 Å². The first kappa shape index (κ1) is 14.1. The minimum Gasteiger partial charge on any atom is -0.346 e. The topological polar surface area (TPSA) is 55.1 Å². The molecule has 0 heterocycles. The molecule has 96 valence electrons. The second kappa shape index (κ2) is 6.72. The molecule has 0 unspecified atom stereocenters. The van der Waals surface area contributed by atoms with Gasteiger partial charge in [-0.25, -0.2) is 8.78 Å². The highest BCUT2D eigenvalue weighted by atomic mass is 19.3. The summed E-state index contributed by atoms with van der Waals surface area (Å²) >= 11 is 0. The van der Waals surface area contributed by atoms with E-state index >= 15 is 0 Å². The van der Waals surface area contributed by atoms with E-state index in [1.807, 2.05) is 6.92 Å². The van der Waals surface area contributed by atoms with Gasteiger partial charge >= 0.3 is 0 Å². The quantitative estimate of drug-likeness (QED) is 0.797. The number of carbonyl (C=O) groups excluding carboxylic acids is 1. The van der Waals surface area contributed by atoms with Crippen molar-refractivity contribution in [1.29, 1.82) is 0 Å². The van der Waals surface area contributed by atoms with Crippen LogP contribution in [0.5, 0.6) is 0 Å². The monoisotopic (exact) mass is 252 g/mol. The minimum atomic E-state index is -2.56. The van der Waals surface area contributed by atoms with Crippen LogP contribution in [-0.2, 0) is 0 Å². The van der Waals surface area contributed by atoms with E-state index in [0.717, 1.165) is 5.56 Å². The molecule has 1 aromatic carbocycles. The predicted octanol–water partition coefficient (Wildman–Crippen LogP) is 1.30. The second-order valence-corrected chi connectivity index (χ2v) is 3.64. The number of carbonyl (C=O) groups is 1. The van der Waals surface area contributed by atoms with E-state index in [4.69, 9.17) is 5.73 Å². The number of hydrogen-bond acceptors (Lipinski definition) is 2. The third-order valence-corrected chi connectivity index (χ3v) is 2.24. The van der Waals surface area contributed by atoms with Crippen LogP contribution in [0.1, 0.15) is 21.5 Å². The third kappa shape index (κ3) is 4.15. The first-order valence-electron chi connectivity index (χ1n) is 5.40. The molecule has 3 nitrogen and oxygen atoms in total. The van der Waals surface area contributed by atoms with Gasteiger partial charge in [0.1, 0.15) is 0 Å². The molecule has 0 spiro atoms. The zero-order valence-electron chi connectivity index (χ0n) is 9.97. The summed E-state index contributed by atoms with van der Waals surface area (Å²) in [4.78, 5) is 11.6. The molecular formula is C13H14F2N2O. The van der Waals surface area contributed by atoms with Crippen LogP contribution in [0.15, 0.2) is 18.2 Å². The standard InChI is InChI=1S/C13H14F2N2O/c1-9-4-5-11(7-10(9)3-2-6-16)13(18)17-8-12(14)15/h4-5,7,12H,6,8,16H2,1H3,(H,17,18). The summed E-state index contributed by atoms with van der Waals surface area (Å²) in [5.74, 6) is 4.98. The molecule has 0 aliphatic heterocycles. The Morgan fingerprint density at radius 3 is 2.83 bits per heavy atom. The number of hydrogen-bond donors (Lipinski definition) is 2. The number of aryl methyl sites for hydroxylation is 1. The Labute approximate surface area is 104 Å². The number of halogens is 2. The molecule has 1 rings (SSSR count). The van der Waals surface area contributed by atoms with E-state index in [0.29, 0.717) is 11.1 Å². The molecule has 18 heavy (non-hydrogen) atoms. The van der Waals surface area contributed by atoms with Crippen LogP contribution >= 0.6 is 0 Å². The van der Waals surface area contributed by atoms with Gasteiger partial charge < -0.3 is 11.1 Å². The minimum absolute atomic E-state index is 0.223. The highest BCUT2D eigenvalue weighted by Crippen LogP contribution is 2.10. The van der Waals surface area contributed by atoms with E-state index in [-0.39, 0.29) is 6.54 Å². The van der Waals surface area contributed by atoms with Gasteiger partial charge in [-0.15, -0.1) is 0 Å². The van der Waals surface area contributed by atoms with Crippen LogP contribution in [0.4, 0.5) is 8.78 Å². The largest absolute Gasteiger partial charge is 0.346 e. The van der Waals surface area contributed by atoms with Crippen molar-refractivity contribution in [2.24, 2.45) is 5.73 Å². The van der Waals surface area contributed by atoms with Gasteiger partial charge in [0.15, 0.2) is 0 Å². The van der Waals surface area contributed by atoms with Crippen molar-refractivity contribution in [3.63, 3.8) is 0 Å². The van der Waals surface area contributed by atoms with Crippen molar-refractivity contribution < 1.29 is 13.6 Å². The van der Waals surface area contributed by atoms with Crippen molar-refractivity contribution >= 4 is 5.91 Å². The van der Waals surface area contributed by atoms with E-state index in [1.165, 1.54) is 0 Å². The van der Waals surface area contributed by atoms with E-state index in [2.05, 4.69) is 17.2 Å². The fourth-order valence-electron chi connectivity index (χ4n) is 1.32. The van der Waals surface area contributed by atoms with Crippen molar-refractivity contribution in [2.45, 2.75) is 13.3 Å². The summed E-state index contributed by atoms with van der Waals surface area (Å²) in [5, 5.41) is 2.14. The van der Waals surface area contributed by atoms with Crippen molar-refractivity contribution in [3.05, 3.63) is 34.9 Å². The summed E-state index contributed by atoms with van der Waals surface area (Å²) in [5.41, 5.74) is 7.15. The predicted molar refractivity (Wildman–Crippen MR) is 65.4 cm³/mol. The summed E-state index contributed by atoms with van der Waals surface area (Å²) < 4.78 is 23.9. The van der Waals surface area contributed by atoms with Crippen LogP contribution < -0.4 is 11.1 Å². The van der Waals surface area contributed by atoms with E-state index in [1.54, 1.807) is 18.2 Å². The highest BCUT2D eigenvalue weighted by molar-refractivity contribution is 5.94. The number of nitrogens with two attached hydrogens (primary N) is 1. The molecule has 3 N–H and O–H groups in total. The Bertz CT molecular complexity index is 489. The molecule has 0 aliphatic rings. The van der Waals surface area contributed by atoms with Gasteiger partial charge in [0.2, 0.25) is 0 Å². The Balaban J connectivity index is 2.87. The molecule has 0 fully saturated rings. The van der Waals surface area contributed by atoms with Crippen LogP contribution in [0.25, 0.3) is 0 Å². The number of alkyl halides is 2. The highest BCUT2D eigenvalue weighted by Gasteiger charge is 2.09. The number of rotatable bonds is 3. The lowest BCUT2D eigenvalue weighted by molar-refractivity contribution is 0.0891. The summed E-state index contributed by atoms with van der Waals surface area (Å²) in [7, 11) is 0. The van der Waals surface area contributed by atoms with Crippen LogP contribution in [-0.4, -0.2) is 25.4 Å². The van der Waals surface area contributed by atoms with Gasteiger partial charge in [0, 0.05) is 11.1 Å². The molecule has 0 aliphatic carbocycles. The van der Waals surface area contributed by atoms with E-state index in [9.17, 15) is 13.6 Å². The van der Waals surface area contributed by atoms with Crippen LogP contribution in [0, 0.1) is 18.8 Å². The average Bonchev–Trinajstić information content (AvgIpc) is 2.35. The van der Waals surface area contributed by atoms with Gasteiger partial charge in [0.25, 0.3) is 12.3 Å². The smallest absolute Gasteiger partial charge is 0.255 e. The summed E-state index contributed by atoms with van der Waals surface area (Å²) in [6, 6.07) is 4.86. The Kier molecular flexibility index (Phi) is 5.28. The normalized spacial score (nSPS) is 9.83. The van der Waals surface area contributed by atoms with Gasteiger partial charge in [-0.1, -0.05) is 17.9 Å². The molecule has 0 aromatic heterocycles. The summed E-state index contributed by atoms with van der Waals surface area (Å²) in [6.45, 7) is 1.42.